The van der Waals surface area contributed by atoms with E-state index in [0.29, 0.717) is 5.56 Å². The third-order valence-corrected chi connectivity index (χ3v) is 3.81. The molecule has 2 rings (SSSR count). The normalized spacial score (nSPS) is 27.1. The Kier molecular flexibility index (Phi) is 3.58. The molecule has 3 nitrogen and oxygen atoms in total. The van der Waals surface area contributed by atoms with E-state index in [4.69, 9.17) is 0 Å². The summed E-state index contributed by atoms with van der Waals surface area (Å²) in [6.45, 7) is 0.0844. The molecule has 1 saturated heterocycles. The molecule has 1 heterocycles. The van der Waals surface area contributed by atoms with E-state index in [1.807, 2.05) is 0 Å². The smallest absolute Gasteiger partial charge is 0.317 e. The standard InChI is InChI=1S/C14H17F2NO2/c1-17-8-7-14(15,16)13(10-17,12(18)19)9-11-5-3-2-4-6-11/h2-6H,7-10H2,1H3,(H,18,19). The molecule has 0 aromatic heterocycles. The Morgan fingerprint density at radius 3 is 2.58 bits per heavy atom. The van der Waals surface area contributed by atoms with Gasteiger partial charge in [0.1, 0.15) is 5.41 Å². The number of carboxylic acid groups (broad SMARTS) is 1. The molecule has 0 amide bonds. The van der Waals surface area contributed by atoms with Crippen LogP contribution in [0.4, 0.5) is 8.78 Å². The van der Waals surface area contributed by atoms with Crippen LogP contribution in [0.1, 0.15) is 12.0 Å². The summed E-state index contributed by atoms with van der Waals surface area (Å²) in [6.07, 6.45) is -0.566. The highest BCUT2D eigenvalue weighted by atomic mass is 19.3. The predicted molar refractivity (Wildman–Crippen MR) is 67.3 cm³/mol. The zero-order valence-corrected chi connectivity index (χ0v) is 10.8. The van der Waals surface area contributed by atoms with Gasteiger partial charge in [-0.2, -0.15) is 0 Å². The molecule has 1 aliphatic rings. The van der Waals surface area contributed by atoms with Gasteiger partial charge in [0.25, 0.3) is 5.92 Å². The van der Waals surface area contributed by atoms with Crippen molar-refractivity contribution in [1.82, 2.24) is 4.90 Å². The molecule has 1 aromatic rings. The summed E-state index contributed by atoms with van der Waals surface area (Å²) in [5.74, 6) is -4.62. The summed E-state index contributed by atoms with van der Waals surface area (Å²) >= 11 is 0. The average Bonchev–Trinajstić information content (AvgIpc) is 2.35. The van der Waals surface area contributed by atoms with E-state index in [0.717, 1.165) is 0 Å². The molecule has 1 fully saturated rings. The number of alkyl halides is 2. The van der Waals surface area contributed by atoms with E-state index < -0.39 is 23.7 Å². The Bertz CT molecular complexity index is 464. The Labute approximate surface area is 110 Å². The summed E-state index contributed by atoms with van der Waals surface area (Å²) in [5.41, 5.74) is -1.42. The highest BCUT2D eigenvalue weighted by Gasteiger charge is 2.61. The van der Waals surface area contributed by atoms with Crippen molar-refractivity contribution in [2.45, 2.75) is 18.8 Å². The molecule has 0 radical (unpaired) electrons. The third kappa shape index (κ3) is 2.47. The molecular formula is C14H17F2NO2. The first-order chi connectivity index (χ1) is 8.87. The second kappa shape index (κ2) is 4.89. The van der Waals surface area contributed by atoms with Crippen molar-refractivity contribution < 1.29 is 18.7 Å². The van der Waals surface area contributed by atoms with Crippen molar-refractivity contribution in [3.05, 3.63) is 35.9 Å². The Hall–Kier alpha value is -1.49. The van der Waals surface area contributed by atoms with Crippen molar-refractivity contribution in [3.8, 4) is 0 Å². The van der Waals surface area contributed by atoms with Gasteiger partial charge in [-0.1, -0.05) is 30.3 Å². The number of likely N-dealkylation sites (tertiary alicyclic amines) is 1. The summed E-state index contributed by atoms with van der Waals surface area (Å²) in [6, 6.07) is 8.62. The maximum Gasteiger partial charge on any atom is 0.317 e. The number of nitrogens with zero attached hydrogens (tertiary/aromatic N) is 1. The molecule has 1 aromatic carbocycles. The van der Waals surface area contributed by atoms with E-state index in [9.17, 15) is 18.7 Å². The van der Waals surface area contributed by atoms with Gasteiger partial charge in [-0.05, 0) is 19.0 Å². The van der Waals surface area contributed by atoms with Gasteiger partial charge in [-0.3, -0.25) is 4.79 Å². The fraction of sp³-hybridized carbons (Fsp3) is 0.500. The quantitative estimate of drug-likeness (QED) is 0.915. The van der Waals surface area contributed by atoms with Crippen LogP contribution in [0.15, 0.2) is 30.3 Å². The lowest BCUT2D eigenvalue weighted by Gasteiger charge is -2.44. The minimum Gasteiger partial charge on any atom is -0.481 e. The molecule has 1 unspecified atom stereocenters. The lowest BCUT2D eigenvalue weighted by Crippen LogP contribution is -2.60. The molecule has 19 heavy (non-hydrogen) atoms. The van der Waals surface area contributed by atoms with Gasteiger partial charge in [0.2, 0.25) is 0 Å². The summed E-state index contributed by atoms with van der Waals surface area (Å²) in [4.78, 5) is 13.2. The number of rotatable bonds is 3. The van der Waals surface area contributed by atoms with E-state index in [1.54, 1.807) is 42.3 Å². The van der Waals surface area contributed by atoms with Crippen LogP contribution in [0.5, 0.6) is 0 Å². The van der Waals surface area contributed by atoms with Crippen LogP contribution in [-0.2, 0) is 11.2 Å². The van der Waals surface area contributed by atoms with Crippen LogP contribution in [0.25, 0.3) is 0 Å². The van der Waals surface area contributed by atoms with Gasteiger partial charge in [-0.25, -0.2) is 8.78 Å². The van der Waals surface area contributed by atoms with Gasteiger partial charge < -0.3 is 10.0 Å². The number of carboxylic acids is 1. The van der Waals surface area contributed by atoms with E-state index in [2.05, 4.69) is 0 Å². The lowest BCUT2D eigenvalue weighted by atomic mass is 9.72. The fourth-order valence-electron chi connectivity index (χ4n) is 2.66. The molecule has 1 aliphatic heterocycles. The van der Waals surface area contributed by atoms with Crippen LogP contribution >= 0.6 is 0 Å². The third-order valence-electron chi connectivity index (χ3n) is 3.81. The summed E-state index contributed by atoms with van der Waals surface area (Å²) in [5, 5.41) is 9.40. The molecule has 0 aliphatic carbocycles. The molecule has 0 bridgehead atoms. The maximum absolute atomic E-state index is 14.2. The summed E-state index contributed by atoms with van der Waals surface area (Å²) in [7, 11) is 1.68. The van der Waals surface area contributed by atoms with E-state index in [1.165, 1.54) is 0 Å². The molecule has 0 spiro atoms. The maximum atomic E-state index is 14.2. The largest absolute Gasteiger partial charge is 0.481 e. The van der Waals surface area contributed by atoms with Crippen molar-refractivity contribution >= 4 is 5.97 Å². The van der Waals surface area contributed by atoms with Gasteiger partial charge in [0.05, 0.1) is 0 Å². The van der Waals surface area contributed by atoms with Crippen LogP contribution in [0.3, 0.4) is 0 Å². The van der Waals surface area contributed by atoms with Gasteiger partial charge in [-0.15, -0.1) is 0 Å². The lowest BCUT2D eigenvalue weighted by molar-refractivity contribution is -0.195. The topological polar surface area (TPSA) is 40.5 Å². The monoisotopic (exact) mass is 269 g/mol. The minimum absolute atomic E-state index is 0.135. The van der Waals surface area contributed by atoms with Crippen LogP contribution in [-0.4, -0.2) is 42.0 Å². The first-order valence-corrected chi connectivity index (χ1v) is 6.21. The minimum atomic E-state index is -3.19. The molecule has 5 heteroatoms. The Morgan fingerprint density at radius 2 is 2.00 bits per heavy atom. The second-order valence-corrected chi connectivity index (χ2v) is 5.24. The van der Waals surface area contributed by atoms with E-state index >= 15 is 0 Å². The number of hydrogen-bond acceptors (Lipinski definition) is 2. The molecule has 104 valence electrons. The summed E-state index contributed by atoms with van der Waals surface area (Å²) < 4.78 is 28.5. The fourth-order valence-corrected chi connectivity index (χ4v) is 2.66. The number of carbonyl (C=O) groups is 1. The van der Waals surface area contributed by atoms with Gasteiger partial charge in [0, 0.05) is 19.5 Å². The van der Waals surface area contributed by atoms with Gasteiger partial charge >= 0.3 is 5.97 Å². The van der Waals surface area contributed by atoms with Crippen molar-refractivity contribution in [1.29, 1.82) is 0 Å². The van der Waals surface area contributed by atoms with Crippen LogP contribution in [0, 0.1) is 5.41 Å². The van der Waals surface area contributed by atoms with Crippen LogP contribution in [0.2, 0.25) is 0 Å². The van der Waals surface area contributed by atoms with Crippen molar-refractivity contribution in [2.75, 3.05) is 20.1 Å². The zero-order valence-electron chi connectivity index (χ0n) is 10.8. The number of piperidine rings is 1. The number of benzene rings is 1. The number of halogens is 2. The second-order valence-electron chi connectivity index (χ2n) is 5.24. The molecular weight excluding hydrogens is 252 g/mol. The Morgan fingerprint density at radius 1 is 1.37 bits per heavy atom. The predicted octanol–water partition coefficient (Wildman–Crippen LogP) is 2.27. The molecule has 1 N–H and O–H groups in total. The highest BCUT2D eigenvalue weighted by Crippen LogP contribution is 2.45. The molecule has 1 atom stereocenters. The highest BCUT2D eigenvalue weighted by molar-refractivity contribution is 5.77. The first kappa shape index (κ1) is 13.9. The zero-order chi connectivity index (χ0) is 14.1. The average molecular weight is 269 g/mol. The van der Waals surface area contributed by atoms with Gasteiger partial charge in [0.15, 0.2) is 0 Å². The van der Waals surface area contributed by atoms with Crippen LogP contribution < -0.4 is 0 Å². The number of hydrogen-bond donors (Lipinski definition) is 1. The Balaban J connectivity index is 2.38. The number of aliphatic carboxylic acids is 1. The van der Waals surface area contributed by atoms with Crippen molar-refractivity contribution in [2.24, 2.45) is 5.41 Å². The van der Waals surface area contributed by atoms with Crippen molar-refractivity contribution in [3.63, 3.8) is 0 Å². The molecule has 0 saturated carbocycles. The van der Waals surface area contributed by atoms with E-state index in [-0.39, 0.29) is 19.5 Å². The SMILES string of the molecule is CN1CCC(F)(F)C(Cc2ccccc2)(C(=O)O)C1. The first-order valence-electron chi connectivity index (χ1n) is 6.21.